The minimum atomic E-state index is -1.19. The van der Waals surface area contributed by atoms with E-state index < -0.39 is 23.7 Å². The van der Waals surface area contributed by atoms with Crippen molar-refractivity contribution in [3.05, 3.63) is 83.7 Å². The van der Waals surface area contributed by atoms with Crippen molar-refractivity contribution in [2.24, 2.45) is 0 Å². The molecule has 3 rings (SSSR count). The zero-order valence-electron chi connectivity index (χ0n) is 14.0. The molecule has 0 fully saturated rings. The smallest absolute Gasteiger partial charge is 0.326 e. The molecule has 0 aliphatic rings. The summed E-state index contributed by atoms with van der Waals surface area (Å²) in [5.41, 5.74) is 1.04. The number of halogens is 1. The first-order valence-electron chi connectivity index (χ1n) is 8.26. The van der Waals surface area contributed by atoms with E-state index in [-0.39, 0.29) is 18.4 Å². The number of carboxylic acid groups (broad SMARTS) is 1. The third-order valence-electron chi connectivity index (χ3n) is 4.19. The highest BCUT2D eigenvalue weighted by molar-refractivity contribution is 5.87. The second kappa shape index (κ2) is 7.78. The van der Waals surface area contributed by atoms with Crippen LogP contribution < -0.4 is 5.32 Å². The molecule has 0 spiro atoms. The summed E-state index contributed by atoms with van der Waals surface area (Å²) in [7, 11) is 0. The van der Waals surface area contributed by atoms with Gasteiger partial charge in [-0.25, -0.2) is 9.18 Å². The zero-order valence-corrected chi connectivity index (χ0v) is 14.0. The Morgan fingerprint density at radius 2 is 1.65 bits per heavy atom. The van der Waals surface area contributed by atoms with Gasteiger partial charge in [0.25, 0.3) is 0 Å². The number of rotatable bonds is 6. The number of carboxylic acids is 1. The van der Waals surface area contributed by atoms with Gasteiger partial charge >= 0.3 is 5.97 Å². The van der Waals surface area contributed by atoms with Gasteiger partial charge in [0.15, 0.2) is 0 Å². The first-order chi connectivity index (χ1) is 12.5. The molecule has 0 unspecified atom stereocenters. The Bertz CT molecular complexity index is 955. The molecule has 1 amide bonds. The molecule has 0 aliphatic carbocycles. The van der Waals surface area contributed by atoms with Crippen LogP contribution in [0.2, 0.25) is 0 Å². The van der Waals surface area contributed by atoms with Crippen molar-refractivity contribution in [1.82, 2.24) is 5.32 Å². The van der Waals surface area contributed by atoms with Gasteiger partial charge in [0.2, 0.25) is 5.91 Å². The van der Waals surface area contributed by atoms with Crippen LogP contribution in [0, 0.1) is 5.82 Å². The number of carbonyl (C=O) groups excluding carboxylic acids is 1. The highest BCUT2D eigenvalue weighted by Gasteiger charge is 2.21. The number of fused-ring (bicyclic) bond motifs is 1. The molecule has 0 aromatic heterocycles. The number of hydrogen-bond donors (Lipinski definition) is 2. The minimum Gasteiger partial charge on any atom is -0.480 e. The second-order valence-electron chi connectivity index (χ2n) is 6.11. The molecule has 132 valence electrons. The lowest BCUT2D eigenvalue weighted by molar-refractivity contribution is -0.141. The highest BCUT2D eigenvalue weighted by atomic mass is 19.1. The molecule has 2 N–H and O–H groups in total. The summed E-state index contributed by atoms with van der Waals surface area (Å²) in [5.74, 6) is -2.09. The molecule has 5 heteroatoms. The fourth-order valence-corrected chi connectivity index (χ4v) is 2.86. The third-order valence-corrected chi connectivity index (χ3v) is 4.19. The Kier molecular flexibility index (Phi) is 5.27. The van der Waals surface area contributed by atoms with E-state index in [9.17, 15) is 19.1 Å². The zero-order chi connectivity index (χ0) is 18.5. The summed E-state index contributed by atoms with van der Waals surface area (Å²) in [5, 5.41) is 13.9. The Morgan fingerprint density at radius 1 is 0.962 bits per heavy atom. The number of hydrogen-bond acceptors (Lipinski definition) is 2. The van der Waals surface area contributed by atoms with Crippen molar-refractivity contribution in [3.8, 4) is 0 Å². The van der Waals surface area contributed by atoms with E-state index >= 15 is 0 Å². The quantitative estimate of drug-likeness (QED) is 0.716. The maximum atomic E-state index is 13.7. The summed E-state index contributed by atoms with van der Waals surface area (Å²) in [6, 6.07) is 18.2. The van der Waals surface area contributed by atoms with Gasteiger partial charge in [-0.2, -0.15) is 0 Å². The minimum absolute atomic E-state index is 0.0614. The van der Waals surface area contributed by atoms with Crippen LogP contribution in [0.5, 0.6) is 0 Å². The third kappa shape index (κ3) is 4.25. The summed E-state index contributed by atoms with van der Waals surface area (Å²) in [6.45, 7) is 0. The summed E-state index contributed by atoms with van der Waals surface area (Å²) in [6.07, 6.45) is -0.0443. The van der Waals surface area contributed by atoms with Gasteiger partial charge in [-0.15, -0.1) is 0 Å². The number of benzene rings is 3. The van der Waals surface area contributed by atoms with Crippen molar-refractivity contribution >= 4 is 22.6 Å². The van der Waals surface area contributed by atoms with Crippen LogP contribution in [0.1, 0.15) is 11.1 Å². The predicted molar refractivity (Wildman–Crippen MR) is 97.3 cm³/mol. The fourth-order valence-electron chi connectivity index (χ4n) is 2.86. The Morgan fingerprint density at radius 3 is 2.38 bits per heavy atom. The summed E-state index contributed by atoms with van der Waals surface area (Å²) < 4.78 is 13.7. The molecular weight excluding hydrogens is 333 g/mol. The predicted octanol–water partition coefficient (Wildman–Crippen LogP) is 3.33. The van der Waals surface area contributed by atoms with Gasteiger partial charge in [-0.05, 0) is 28.0 Å². The topological polar surface area (TPSA) is 66.4 Å². The molecule has 4 nitrogen and oxygen atoms in total. The monoisotopic (exact) mass is 351 g/mol. The standard InChI is InChI=1S/C21H18FNO3/c22-18-8-4-3-7-17(18)13-19(21(25)26)23-20(24)12-14-9-10-15-5-1-2-6-16(15)11-14/h1-11,19H,12-13H2,(H,23,24)(H,25,26)/t19-/m1/s1. The lowest BCUT2D eigenvalue weighted by Gasteiger charge is -2.15. The summed E-state index contributed by atoms with van der Waals surface area (Å²) >= 11 is 0. The van der Waals surface area contributed by atoms with Crippen molar-refractivity contribution in [1.29, 1.82) is 0 Å². The van der Waals surface area contributed by atoms with Crippen molar-refractivity contribution in [2.45, 2.75) is 18.9 Å². The fraction of sp³-hybridized carbons (Fsp3) is 0.143. The molecular formula is C21H18FNO3. The normalized spacial score (nSPS) is 11.9. The second-order valence-corrected chi connectivity index (χ2v) is 6.11. The SMILES string of the molecule is O=C(Cc1ccc2ccccc2c1)N[C@H](Cc1ccccc1F)C(=O)O. The molecule has 0 saturated carbocycles. The van der Waals surface area contributed by atoms with Gasteiger partial charge < -0.3 is 10.4 Å². The van der Waals surface area contributed by atoms with Gasteiger partial charge in [-0.1, -0.05) is 60.7 Å². The molecule has 0 heterocycles. The molecule has 0 radical (unpaired) electrons. The van der Waals surface area contributed by atoms with Crippen LogP contribution >= 0.6 is 0 Å². The van der Waals surface area contributed by atoms with Crippen LogP contribution in [0.15, 0.2) is 66.7 Å². The van der Waals surface area contributed by atoms with Crippen LogP contribution in [0.25, 0.3) is 10.8 Å². The molecule has 0 bridgehead atoms. The van der Waals surface area contributed by atoms with Gasteiger partial charge in [0.1, 0.15) is 11.9 Å². The lowest BCUT2D eigenvalue weighted by Crippen LogP contribution is -2.43. The van der Waals surface area contributed by atoms with E-state index in [1.54, 1.807) is 6.07 Å². The van der Waals surface area contributed by atoms with Gasteiger partial charge in [0, 0.05) is 6.42 Å². The lowest BCUT2D eigenvalue weighted by atomic mass is 10.0. The Labute approximate surface area is 150 Å². The van der Waals surface area contributed by atoms with Crippen LogP contribution in [-0.4, -0.2) is 23.0 Å². The van der Waals surface area contributed by atoms with Crippen molar-refractivity contribution < 1.29 is 19.1 Å². The Hall–Kier alpha value is -3.21. The van der Waals surface area contributed by atoms with E-state index in [4.69, 9.17) is 0 Å². The Balaban J connectivity index is 1.69. The molecule has 1 atom stereocenters. The van der Waals surface area contributed by atoms with E-state index in [2.05, 4.69) is 5.32 Å². The van der Waals surface area contributed by atoms with Gasteiger partial charge in [0.05, 0.1) is 6.42 Å². The van der Waals surface area contributed by atoms with Crippen molar-refractivity contribution in [2.75, 3.05) is 0 Å². The number of nitrogens with one attached hydrogen (secondary N) is 1. The molecule has 3 aromatic rings. The molecule has 3 aromatic carbocycles. The number of carbonyl (C=O) groups is 2. The molecule has 0 aliphatic heterocycles. The van der Waals surface area contributed by atoms with Crippen LogP contribution in [0.3, 0.4) is 0 Å². The maximum Gasteiger partial charge on any atom is 0.326 e. The van der Waals surface area contributed by atoms with Crippen molar-refractivity contribution in [3.63, 3.8) is 0 Å². The van der Waals surface area contributed by atoms with E-state index in [0.29, 0.717) is 0 Å². The van der Waals surface area contributed by atoms with Gasteiger partial charge in [-0.3, -0.25) is 4.79 Å². The van der Waals surface area contributed by atoms with E-state index in [1.807, 2.05) is 42.5 Å². The molecule has 0 saturated heterocycles. The van der Waals surface area contributed by atoms with Crippen LogP contribution in [0.4, 0.5) is 4.39 Å². The number of aliphatic carboxylic acids is 1. The highest BCUT2D eigenvalue weighted by Crippen LogP contribution is 2.16. The first-order valence-corrected chi connectivity index (χ1v) is 8.26. The van der Waals surface area contributed by atoms with E-state index in [1.165, 1.54) is 18.2 Å². The van der Waals surface area contributed by atoms with Crippen LogP contribution in [-0.2, 0) is 22.4 Å². The average molecular weight is 351 g/mol. The number of amides is 1. The summed E-state index contributed by atoms with van der Waals surface area (Å²) in [4.78, 5) is 23.7. The average Bonchev–Trinajstić information content (AvgIpc) is 2.62. The maximum absolute atomic E-state index is 13.7. The van der Waals surface area contributed by atoms with E-state index in [0.717, 1.165) is 16.3 Å². The first kappa shape index (κ1) is 17.6. The largest absolute Gasteiger partial charge is 0.480 e. The molecule has 26 heavy (non-hydrogen) atoms.